The molecule has 202 valence electrons. The molecule has 0 saturated carbocycles. The number of nitrogens with two attached hydrogens (primary N) is 1. The van der Waals surface area contributed by atoms with E-state index in [-0.39, 0.29) is 29.8 Å². The number of amides is 4. The molecule has 4 amide bonds. The van der Waals surface area contributed by atoms with Gasteiger partial charge in [-0.15, -0.1) is 0 Å². The first kappa shape index (κ1) is 33.3. The number of Topliss-reactive ketones (excluding diaryl/α,β-unsaturated/α-hetero) is 2. The number of alkyl halides is 1. The van der Waals surface area contributed by atoms with E-state index < -0.39 is 34.9 Å². The van der Waals surface area contributed by atoms with Gasteiger partial charge in [0.15, 0.2) is 5.78 Å². The van der Waals surface area contributed by atoms with Crippen LogP contribution in [0.2, 0.25) is 0 Å². The molecule has 0 saturated heterocycles. The number of hydrogen-bond donors (Lipinski definition) is 4. The van der Waals surface area contributed by atoms with Gasteiger partial charge in [0.05, 0.1) is 6.04 Å². The maximum atomic E-state index is 13.2. The first-order valence-corrected chi connectivity index (χ1v) is 13.8. The molecule has 35 heavy (non-hydrogen) atoms. The molecule has 0 rings (SSSR count). The van der Waals surface area contributed by atoms with Gasteiger partial charge in [0.2, 0.25) is 11.8 Å². The van der Waals surface area contributed by atoms with Crippen molar-refractivity contribution in [3.05, 3.63) is 0 Å². The van der Waals surface area contributed by atoms with Gasteiger partial charge in [-0.1, -0.05) is 71.1 Å². The Morgan fingerprint density at radius 3 is 1.91 bits per heavy atom. The van der Waals surface area contributed by atoms with Crippen molar-refractivity contribution < 1.29 is 24.0 Å². The summed E-state index contributed by atoms with van der Waals surface area (Å²) in [6.07, 6.45) is 2.61. The molecular weight excluding hydrogens is 563 g/mol. The number of unbranched alkanes of at least 4 members (excludes halogenated alkanes) is 1. The number of halogens is 1. The summed E-state index contributed by atoms with van der Waals surface area (Å²) in [6.45, 7) is 13.2. The van der Waals surface area contributed by atoms with E-state index in [1.54, 1.807) is 20.8 Å². The Balaban J connectivity index is 5.14. The fourth-order valence-electron chi connectivity index (χ4n) is 3.32. The lowest BCUT2D eigenvalue weighted by Crippen LogP contribution is -2.55. The molecule has 10 heteroatoms. The third kappa shape index (κ3) is 13.8. The minimum atomic E-state index is -0.783. The van der Waals surface area contributed by atoms with Crippen molar-refractivity contribution in [3.63, 3.8) is 0 Å². The number of rotatable bonds is 15. The molecule has 0 radical (unpaired) electrons. The molecule has 0 heterocycles. The molecule has 0 spiro atoms. The highest BCUT2D eigenvalue weighted by atomic mass is 127. The number of nitrogens with one attached hydrogen (secondary N) is 3. The Morgan fingerprint density at radius 2 is 1.43 bits per heavy atom. The average molecular weight is 609 g/mol. The van der Waals surface area contributed by atoms with Gasteiger partial charge in [-0.25, -0.2) is 4.79 Å². The van der Waals surface area contributed by atoms with Crippen LogP contribution in [0.15, 0.2) is 0 Å². The smallest absolute Gasteiger partial charge is 0.312 e. The van der Waals surface area contributed by atoms with Crippen molar-refractivity contribution >= 4 is 52.0 Å². The normalized spacial score (nSPS) is 14.4. The van der Waals surface area contributed by atoms with E-state index in [1.807, 2.05) is 27.7 Å². The number of urea groups is 1. The average Bonchev–Trinajstić information content (AvgIpc) is 2.74. The second-order valence-corrected chi connectivity index (χ2v) is 12.0. The molecule has 0 aromatic heterocycles. The Morgan fingerprint density at radius 1 is 0.857 bits per heavy atom. The van der Waals surface area contributed by atoms with Gasteiger partial charge in [-0.3, -0.25) is 19.2 Å². The van der Waals surface area contributed by atoms with E-state index in [1.165, 1.54) is 0 Å². The van der Waals surface area contributed by atoms with Crippen LogP contribution in [0.1, 0.15) is 87.0 Å². The maximum Gasteiger partial charge on any atom is 0.312 e. The Labute approximate surface area is 224 Å². The van der Waals surface area contributed by atoms with E-state index in [9.17, 15) is 24.0 Å². The summed E-state index contributed by atoms with van der Waals surface area (Å²) in [7, 11) is 0. The summed E-state index contributed by atoms with van der Waals surface area (Å²) in [5.41, 5.74) is 4.02. The van der Waals surface area contributed by atoms with Gasteiger partial charge in [0.1, 0.15) is 11.8 Å². The monoisotopic (exact) mass is 608 g/mol. The molecule has 0 aliphatic heterocycles. The fourth-order valence-corrected chi connectivity index (χ4v) is 3.83. The molecule has 9 nitrogen and oxygen atoms in total. The van der Waals surface area contributed by atoms with E-state index in [2.05, 4.69) is 38.5 Å². The van der Waals surface area contributed by atoms with Crippen LogP contribution in [0.3, 0.4) is 0 Å². The summed E-state index contributed by atoms with van der Waals surface area (Å²) in [6, 6.07) is -2.18. The predicted octanol–water partition coefficient (Wildman–Crippen LogP) is 3.27. The third-order valence-electron chi connectivity index (χ3n) is 5.65. The second kappa shape index (κ2) is 15.4. The summed E-state index contributed by atoms with van der Waals surface area (Å²) < 4.78 is 0.636. The van der Waals surface area contributed by atoms with Crippen molar-refractivity contribution in [2.45, 2.75) is 99.1 Å². The number of primary amides is 1. The van der Waals surface area contributed by atoms with Crippen molar-refractivity contribution in [2.24, 2.45) is 22.5 Å². The standard InChI is InChI=1S/C25H45IN4O5/c1-16(15-26)20(30-19(32)13-9-8-12-18(31)24(2,3)4)22(34)29-17(21(33)25(5,6)7)11-10-14-28-23(27)35/h16-17,20H,8-15H2,1-7H3,(H,29,34)(H,30,32)(H3,27,28,35)/t16?,17-,20-/m0/s1. The first-order valence-electron chi connectivity index (χ1n) is 12.3. The lowest BCUT2D eigenvalue weighted by Gasteiger charge is -2.29. The number of ketones is 2. The van der Waals surface area contributed by atoms with E-state index >= 15 is 0 Å². The molecular formula is C25H45IN4O5. The highest BCUT2D eigenvalue weighted by molar-refractivity contribution is 14.1. The lowest BCUT2D eigenvalue weighted by molar-refractivity contribution is -0.135. The zero-order chi connectivity index (χ0) is 27.4. The lowest BCUT2D eigenvalue weighted by atomic mass is 9.84. The SMILES string of the molecule is CC(CI)[C@H](NC(=O)CCCCC(=O)C(C)(C)C)C(=O)N[C@@H](CCCNC(N)=O)C(=O)C(C)(C)C. The van der Waals surface area contributed by atoms with Crippen LogP contribution in [0.25, 0.3) is 0 Å². The van der Waals surface area contributed by atoms with Crippen molar-refractivity contribution in [1.29, 1.82) is 0 Å². The molecule has 3 atom stereocenters. The predicted molar refractivity (Wildman–Crippen MR) is 146 cm³/mol. The fraction of sp³-hybridized carbons (Fsp3) is 0.800. The number of carbonyl (C=O) groups is 5. The Kier molecular flexibility index (Phi) is 14.6. The zero-order valence-corrected chi connectivity index (χ0v) is 24.5. The zero-order valence-electron chi connectivity index (χ0n) is 22.4. The summed E-state index contributed by atoms with van der Waals surface area (Å²) >= 11 is 2.16. The highest BCUT2D eigenvalue weighted by Gasteiger charge is 2.34. The molecule has 0 bridgehead atoms. The van der Waals surface area contributed by atoms with Gasteiger partial charge in [0.25, 0.3) is 0 Å². The highest BCUT2D eigenvalue weighted by Crippen LogP contribution is 2.20. The third-order valence-corrected chi connectivity index (χ3v) is 7.04. The molecule has 0 aliphatic rings. The summed E-state index contributed by atoms with van der Waals surface area (Å²) in [5.74, 6) is -0.774. The molecule has 5 N–H and O–H groups in total. The molecule has 0 aliphatic carbocycles. The van der Waals surface area contributed by atoms with Gasteiger partial charge >= 0.3 is 6.03 Å². The second-order valence-electron chi connectivity index (χ2n) is 11.2. The van der Waals surface area contributed by atoms with Crippen LogP contribution in [-0.2, 0) is 19.2 Å². The summed E-state index contributed by atoms with van der Waals surface area (Å²) in [5, 5.41) is 8.14. The molecule has 1 unspecified atom stereocenters. The minimum absolute atomic E-state index is 0.124. The van der Waals surface area contributed by atoms with Gasteiger partial charge in [-0.2, -0.15) is 0 Å². The van der Waals surface area contributed by atoms with Crippen LogP contribution in [-0.4, -0.2) is 52.5 Å². The van der Waals surface area contributed by atoms with Crippen molar-refractivity contribution in [3.8, 4) is 0 Å². The van der Waals surface area contributed by atoms with Crippen molar-refractivity contribution in [2.75, 3.05) is 11.0 Å². The van der Waals surface area contributed by atoms with Crippen LogP contribution < -0.4 is 21.7 Å². The van der Waals surface area contributed by atoms with E-state index in [0.717, 1.165) is 0 Å². The van der Waals surface area contributed by atoms with E-state index in [4.69, 9.17) is 5.73 Å². The number of carbonyl (C=O) groups excluding carboxylic acids is 5. The van der Waals surface area contributed by atoms with Crippen molar-refractivity contribution in [1.82, 2.24) is 16.0 Å². The quantitative estimate of drug-likeness (QED) is 0.128. The van der Waals surface area contributed by atoms with E-state index in [0.29, 0.717) is 43.1 Å². The largest absolute Gasteiger partial charge is 0.352 e. The molecule has 0 aromatic rings. The molecule has 0 aromatic carbocycles. The number of hydrogen-bond acceptors (Lipinski definition) is 5. The van der Waals surface area contributed by atoms with Crippen LogP contribution in [0, 0.1) is 16.7 Å². The Bertz CT molecular complexity index is 743. The van der Waals surface area contributed by atoms with Crippen LogP contribution >= 0.6 is 22.6 Å². The topological polar surface area (TPSA) is 147 Å². The van der Waals surface area contributed by atoms with Gasteiger partial charge in [0, 0.05) is 34.6 Å². The summed E-state index contributed by atoms with van der Waals surface area (Å²) in [4.78, 5) is 61.7. The van der Waals surface area contributed by atoms with Crippen LogP contribution in [0.5, 0.6) is 0 Å². The van der Waals surface area contributed by atoms with Gasteiger partial charge in [-0.05, 0) is 31.6 Å². The maximum absolute atomic E-state index is 13.2. The molecule has 0 fully saturated rings. The Hall–Kier alpha value is -1.72. The minimum Gasteiger partial charge on any atom is -0.352 e. The van der Waals surface area contributed by atoms with Gasteiger partial charge < -0.3 is 21.7 Å². The first-order chi connectivity index (χ1) is 16.0. The van der Waals surface area contributed by atoms with Crippen LogP contribution in [0.4, 0.5) is 4.79 Å².